The monoisotopic (exact) mass is 419 g/mol. The van der Waals surface area contributed by atoms with Crippen LogP contribution in [0.25, 0.3) is 5.69 Å². The van der Waals surface area contributed by atoms with E-state index in [-0.39, 0.29) is 23.5 Å². The van der Waals surface area contributed by atoms with Crippen molar-refractivity contribution in [2.45, 2.75) is 38.8 Å². The zero-order valence-corrected chi connectivity index (χ0v) is 16.6. The lowest BCUT2D eigenvalue weighted by Crippen LogP contribution is -2.45. The fourth-order valence-electron chi connectivity index (χ4n) is 2.92. The third kappa shape index (κ3) is 4.24. The van der Waals surface area contributed by atoms with Crippen LogP contribution in [0, 0.1) is 0 Å². The van der Waals surface area contributed by atoms with Crippen LogP contribution in [0.15, 0.2) is 41.0 Å². The highest BCUT2D eigenvalue weighted by Gasteiger charge is 2.36. The molecule has 0 bridgehead atoms. The van der Waals surface area contributed by atoms with Crippen LogP contribution < -0.4 is 10.6 Å². The fraction of sp³-hybridized carbons (Fsp3) is 0.389. The number of nitrogens with zero attached hydrogens (tertiary/aromatic N) is 3. The van der Waals surface area contributed by atoms with E-state index in [2.05, 4.69) is 31.7 Å². The lowest BCUT2D eigenvalue weighted by molar-refractivity contribution is -0.131. The molecule has 2 heterocycles. The van der Waals surface area contributed by atoms with Crippen LogP contribution in [0.3, 0.4) is 0 Å². The Balaban J connectivity index is 1.58. The van der Waals surface area contributed by atoms with Crippen molar-refractivity contribution >= 4 is 33.7 Å². The maximum absolute atomic E-state index is 12.2. The number of carbonyl (C=O) groups excluding carboxylic acids is 2. The summed E-state index contributed by atoms with van der Waals surface area (Å²) in [5.74, 6) is 0.504. The van der Waals surface area contributed by atoms with E-state index in [1.54, 1.807) is 21.8 Å². The number of nitrogens with one attached hydrogen (secondary N) is 2. The van der Waals surface area contributed by atoms with Crippen LogP contribution in [0.1, 0.15) is 27.2 Å². The van der Waals surface area contributed by atoms with Crippen molar-refractivity contribution in [1.29, 1.82) is 0 Å². The molecule has 3 rings (SSSR count). The van der Waals surface area contributed by atoms with Gasteiger partial charge in [-0.25, -0.2) is 9.48 Å². The van der Waals surface area contributed by atoms with Gasteiger partial charge in [-0.15, -0.1) is 5.10 Å². The molecule has 7 nitrogen and oxygen atoms in total. The number of urea groups is 1. The third-order valence-electron chi connectivity index (χ3n) is 4.19. The van der Waals surface area contributed by atoms with Gasteiger partial charge in [0.25, 0.3) is 0 Å². The first-order valence-corrected chi connectivity index (χ1v) is 9.21. The number of likely N-dealkylation sites (tertiary alicyclic amines) is 1. The second-order valence-electron chi connectivity index (χ2n) is 7.30. The molecule has 8 heteroatoms. The second kappa shape index (κ2) is 7.11. The topological polar surface area (TPSA) is 79.3 Å². The first-order chi connectivity index (χ1) is 12.2. The molecule has 1 unspecified atom stereocenters. The van der Waals surface area contributed by atoms with E-state index in [1.807, 2.05) is 45.0 Å². The molecule has 2 aromatic rings. The molecule has 2 N–H and O–H groups in total. The summed E-state index contributed by atoms with van der Waals surface area (Å²) in [5.41, 5.74) is 0.650. The van der Waals surface area contributed by atoms with Crippen LogP contribution in [-0.2, 0) is 4.79 Å². The van der Waals surface area contributed by atoms with Gasteiger partial charge in [-0.05, 0) is 45.0 Å². The summed E-state index contributed by atoms with van der Waals surface area (Å²) in [7, 11) is 0. The molecule has 3 amide bonds. The minimum absolute atomic E-state index is 0.0577. The van der Waals surface area contributed by atoms with Gasteiger partial charge in [0, 0.05) is 35.2 Å². The summed E-state index contributed by atoms with van der Waals surface area (Å²) >= 11 is 3.40. The first kappa shape index (κ1) is 18.4. The lowest BCUT2D eigenvalue weighted by Gasteiger charge is -2.32. The number of hydrogen-bond acceptors (Lipinski definition) is 3. The molecule has 26 heavy (non-hydrogen) atoms. The molecular formula is C18H22BrN5O2. The standard InChI is InChI=1S/C18H22BrN5O2/c1-18(2,3)23-11-13(10-16(23)25)20-17(26)21-15-8-9-24(22-15)14-6-4-12(19)5-7-14/h4-9,13H,10-11H2,1-3H3,(H2,20,21,22,26). The number of halogens is 1. The normalized spacial score (nSPS) is 17.5. The lowest BCUT2D eigenvalue weighted by atomic mass is 10.1. The van der Waals surface area contributed by atoms with Gasteiger partial charge in [0.1, 0.15) is 0 Å². The molecule has 1 fully saturated rings. The minimum atomic E-state index is -0.361. The average molecular weight is 420 g/mol. The van der Waals surface area contributed by atoms with Gasteiger partial charge >= 0.3 is 6.03 Å². The van der Waals surface area contributed by atoms with Crippen LogP contribution >= 0.6 is 15.9 Å². The van der Waals surface area contributed by atoms with E-state index < -0.39 is 0 Å². The molecule has 1 aliphatic heterocycles. The van der Waals surface area contributed by atoms with Gasteiger partial charge in [-0.1, -0.05) is 15.9 Å². The van der Waals surface area contributed by atoms with Crippen LogP contribution in [0.4, 0.5) is 10.6 Å². The number of hydrogen-bond donors (Lipinski definition) is 2. The number of carbonyl (C=O) groups is 2. The Kier molecular flexibility index (Phi) is 5.04. The van der Waals surface area contributed by atoms with Crippen molar-refractivity contribution < 1.29 is 9.59 Å². The average Bonchev–Trinajstić information content (AvgIpc) is 3.14. The van der Waals surface area contributed by atoms with Crippen LogP contribution in [0.5, 0.6) is 0 Å². The SMILES string of the molecule is CC(C)(C)N1CC(NC(=O)Nc2ccn(-c3ccc(Br)cc3)n2)CC1=O. The van der Waals surface area contributed by atoms with Gasteiger partial charge in [-0.3, -0.25) is 10.1 Å². The summed E-state index contributed by atoms with van der Waals surface area (Å²) in [6.07, 6.45) is 2.09. The Morgan fingerprint density at radius 3 is 2.54 bits per heavy atom. The highest BCUT2D eigenvalue weighted by molar-refractivity contribution is 9.10. The molecular weight excluding hydrogens is 398 g/mol. The number of aromatic nitrogens is 2. The second-order valence-corrected chi connectivity index (χ2v) is 8.21. The highest BCUT2D eigenvalue weighted by atomic mass is 79.9. The largest absolute Gasteiger partial charge is 0.336 e. The van der Waals surface area contributed by atoms with Crippen molar-refractivity contribution in [1.82, 2.24) is 20.0 Å². The van der Waals surface area contributed by atoms with Crippen molar-refractivity contribution in [3.8, 4) is 5.69 Å². The third-order valence-corrected chi connectivity index (χ3v) is 4.72. The summed E-state index contributed by atoms with van der Waals surface area (Å²) in [4.78, 5) is 26.1. The van der Waals surface area contributed by atoms with E-state index >= 15 is 0 Å². The molecule has 1 aromatic heterocycles. The Bertz CT molecular complexity index is 810. The number of anilines is 1. The Morgan fingerprint density at radius 2 is 1.92 bits per heavy atom. The van der Waals surface area contributed by atoms with E-state index in [4.69, 9.17) is 0 Å². The minimum Gasteiger partial charge on any atom is -0.336 e. The van der Waals surface area contributed by atoms with Crippen LogP contribution in [0.2, 0.25) is 0 Å². The smallest absolute Gasteiger partial charge is 0.320 e. The summed E-state index contributed by atoms with van der Waals surface area (Å²) < 4.78 is 2.67. The molecule has 0 spiro atoms. The molecule has 1 aromatic carbocycles. The van der Waals surface area contributed by atoms with Gasteiger partial charge in [-0.2, -0.15) is 0 Å². The maximum Gasteiger partial charge on any atom is 0.320 e. The predicted molar refractivity (Wildman–Crippen MR) is 103 cm³/mol. The molecule has 1 saturated heterocycles. The van der Waals surface area contributed by atoms with E-state index in [0.29, 0.717) is 18.8 Å². The fourth-order valence-corrected chi connectivity index (χ4v) is 3.18. The molecule has 138 valence electrons. The van der Waals surface area contributed by atoms with Crippen molar-refractivity contribution in [3.63, 3.8) is 0 Å². The first-order valence-electron chi connectivity index (χ1n) is 8.42. The van der Waals surface area contributed by atoms with Gasteiger partial charge < -0.3 is 10.2 Å². The van der Waals surface area contributed by atoms with E-state index in [9.17, 15) is 9.59 Å². The van der Waals surface area contributed by atoms with Gasteiger partial charge in [0.15, 0.2) is 5.82 Å². The van der Waals surface area contributed by atoms with Gasteiger partial charge in [0.05, 0.1) is 11.7 Å². The summed E-state index contributed by atoms with van der Waals surface area (Å²) in [5, 5.41) is 9.91. The highest BCUT2D eigenvalue weighted by Crippen LogP contribution is 2.22. The Hall–Kier alpha value is -2.35. The summed E-state index contributed by atoms with van der Waals surface area (Å²) in [6.45, 7) is 6.48. The number of rotatable bonds is 3. The molecule has 0 aliphatic carbocycles. The molecule has 0 radical (unpaired) electrons. The predicted octanol–water partition coefficient (Wildman–Crippen LogP) is 3.16. The van der Waals surface area contributed by atoms with Crippen LogP contribution in [-0.4, -0.2) is 44.7 Å². The number of benzene rings is 1. The molecule has 0 saturated carbocycles. The Morgan fingerprint density at radius 1 is 1.23 bits per heavy atom. The zero-order chi connectivity index (χ0) is 18.9. The number of amides is 3. The molecule has 1 atom stereocenters. The zero-order valence-electron chi connectivity index (χ0n) is 15.0. The van der Waals surface area contributed by atoms with Crippen molar-refractivity contribution in [2.24, 2.45) is 0 Å². The Labute approximate surface area is 160 Å². The van der Waals surface area contributed by atoms with Crippen molar-refractivity contribution in [3.05, 3.63) is 41.0 Å². The van der Waals surface area contributed by atoms with E-state index in [1.165, 1.54) is 0 Å². The molecule has 1 aliphatic rings. The quantitative estimate of drug-likeness (QED) is 0.801. The van der Waals surface area contributed by atoms with E-state index in [0.717, 1.165) is 10.2 Å². The maximum atomic E-state index is 12.2. The van der Waals surface area contributed by atoms with Gasteiger partial charge in [0.2, 0.25) is 5.91 Å². The summed E-state index contributed by atoms with van der Waals surface area (Å²) in [6, 6.07) is 8.86. The van der Waals surface area contributed by atoms with Crippen molar-refractivity contribution in [2.75, 3.05) is 11.9 Å².